The SMILES string of the molecule is O=C(NC1CCN(CC2CC2)CC1)N1CCCN(c2nccs2)CC1. The Morgan fingerprint density at radius 3 is 2.68 bits per heavy atom. The van der Waals surface area contributed by atoms with Crippen LogP contribution in [0.25, 0.3) is 0 Å². The molecule has 1 aromatic heterocycles. The van der Waals surface area contributed by atoms with Crippen LogP contribution in [0.4, 0.5) is 9.93 Å². The lowest BCUT2D eigenvalue weighted by atomic mass is 10.0. The van der Waals surface area contributed by atoms with Crippen LogP contribution in [0.1, 0.15) is 32.1 Å². The lowest BCUT2D eigenvalue weighted by Gasteiger charge is -2.33. The smallest absolute Gasteiger partial charge is 0.317 e. The summed E-state index contributed by atoms with van der Waals surface area (Å²) >= 11 is 1.68. The minimum absolute atomic E-state index is 0.127. The second-order valence-electron chi connectivity index (χ2n) is 7.61. The van der Waals surface area contributed by atoms with Gasteiger partial charge in [0.2, 0.25) is 0 Å². The van der Waals surface area contributed by atoms with E-state index in [9.17, 15) is 4.79 Å². The van der Waals surface area contributed by atoms with Gasteiger partial charge in [-0.2, -0.15) is 0 Å². The fraction of sp³-hybridized carbons (Fsp3) is 0.778. The van der Waals surface area contributed by atoms with Crippen LogP contribution in [0.15, 0.2) is 11.6 Å². The molecule has 25 heavy (non-hydrogen) atoms. The van der Waals surface area contributed by atoms with Crippen molar-refractivity contribution in [1.82, 2.24) is 20.1 Å². The molecule has 2 aliphatic heterocycles. The van der Waals surface area contributed by atoms with Gasteiger partial charge in [0, 0.05) is 63.4 Å². The monoisotopic (exact) mass is 363 g/mol. The van der Waals surface area contributed by atoms with Gasteiger partial charge in [0.1, 0.15) is 0 Å². The fourth-order valence-corrected chi connectivity index (χ4v) is 4.57. The summed E-state index contributed by atoms with van der Waals surface area (Å²) in [5.74, 6) is 0.962. The van der Waals surface area contributed by atoms with Crippen molar-refractivity contribution >= 4 is 22.5 Å². The predicted octanol–water partition coefficient (Wildman–Crippen LogP) is 2.24. The number of hydrogen-bond acceptors (Lipinski definition) is 5. The Kier molecular flexibility index (Phi) is 5.41. The third kappa shape index (κ3) is 4.64. The molecule has 0 atom stereocenters. The Hall–Kier alpha value is -1.34. The molecule has 4 rings (SSSR count). The molecule has 7 heteroatoms. The van der Waals surface area contributed by atoms with Gasteiger partial charge in [-0.05, 0) is 38.0 Å². The first-order chi connectivity index (χ1) is 12.3. The number of amides is 2. The molecule has 2 amide bonds. The lowest BCUT2D eigenvalue weighted by molar-refractivity contribution is 0.171. The van der Waals surface area contributed by atoms with E-state index < -0.39 is 0 Å². The molecular formula is C18H29N5OS. The van der Waals surface area contributed by atoms with Gasteiger partial charge in [0.15, 0.2) is 5.13 Å². The zero-order valence-corrected chi connectivity index (χ0v) is 15.7. The number of urea groups is 1. The van der Waals surface area contributed by atoms with Gasteiger partial charge in [0.05, 0.1) is 0 Å². The first-order valence-corrected chi connectivity index (χ1v) is 10.6. The Bertz CT molecular complexity index is 554. The van der Waals surface area contributed by atoms with E-state index in [4.69, 9.17) is 0 Å². The number of rotatable bonds is 4. The number of nitrogens with zero attached hydrogens (tertiary/aromatic N) is 4. The van der Waals surface area contributed by atoms with Gasteiger partial charge in [-0.15, -0.1) is 11.3 Å². The molecule has 3 aliphatic rings. The highest BCUT2D eigenvalue weighted by Gasteiger charge is 2.28. The number of thiazole rings is 1. The van der Waals surface area contributed by atoms with Crippen molar-refractivity contribution in [3.63, 3.8) is 0 Å². The summed E-state index contributed by atoms with van der Waals surface area (Å²) in [5, 5.41) is 6.37. The van der Waals surface area contributed by atoms with E-state index in [1.54, 1.807) is 11.3 Å². The van der Waals surface area contributed by atoms with Crippen LogP contribution in [0.5, 0.6) is 0 Å². The molecule has 0 aromatic carbocycles. The van der Waals surface area contributed by atoms with Gasteiger partial charge in [-0.25, -0.2) is 9.78 Å². The van der Waals surface area contributed by atoms with Crippen LogP contribution in [0.3, 0.4) is 0 Å². The molecule has 6 nitrogen and oxygen atoms in total. The van der Waals surface area contributed by atoms with Crippen molar-refractivity contribution in [3.8, 4) is 0 Å². The molecule has 138 valence electrons. The summed E-state index contributed by atoms with van der Waals surface area (Å²) in [4.78, 5) is 23.9. The predicted molar refractivity (Wildman–Crippen MR) is 101 cm³/mol. The number of likely N-dealkylation sites (tertiary alicyclic amines) is 1. The Morgan fingerprint density at radius 2 is 1.96 bits per heavy atom. The van der Waals surface area contributed by atoms with Gasteiger partial charge < -0.3 is 20.0 Å². The van der Waals surface area contributed by atoms with Crippen molar-refractivity contribution in [2.75, 3.05) is 50.7 Å². The van der Waals surface area contributed by atoms with Gasteiger partial charge in [0.25, 0.3) is 0 Å². The fourth-order valence-electron chi connectivity index (χ4n) is 3.88. The van der Waals surface area contributed by atoms with Gasteiger partial charge in [-0.1, -0.05) is 0 Å². The number of carbonyl (C=O) groups is 1. The average Bonchev–Trinajstić information content (AvgIpc) is 3.34. The summed E-state index contributed by atoms with van der Waals surface area (Å²) in [6.45, 7) is 7.04. The van der Waals surface area contributed by atoms with Gasteiger partial charge in [-0.3, -0.25) is 0 Å². The Morgan fingerprint density at radius 1 is 1.12 bits per heavy atom. The van der Waals surface area contributed by atoms with E-state index in [2.05, 4.69) is 20.1 Å². The molecule has 0 unspecified atom stereocenters. The Labute approximate surface area is 154 Å². The van der Waals surface area contributed by atoms with Crippen LogP contribution in [-0.2, 0) is 0 Å². The summed E-state index contributed by atoms with van der Waals surface area (Å²) in [6, 6.07) is 0.475. The van der Waals surface area contributed by atoms with Crippen LogP contribution in [-0.4, -0.2) is 72.7 Å². The largest absolute Gasteiger partial charge is 0.346 e. The number of aromatic nitrogens is 1. The van der Waals surface area contributed by atoms with E-state index in [1.165, 1.54) is 19.4 Å². The molecule has 3 heterocycles. The van der Waals surface area contributed by atoms with Crippen LogP contribution in [0, 0.1) is 5.92 Å². The molecule has 1 saturated carbocycles. The normalized spacial score (nSPS) is 23.5. The first kappa shape index (κ1) is 17.1. The molecule has 0 spiro atoms. The highest BCUT2D eigenvalue weighted by molar-refractivity contribution is 7.13. The van der Waals surface area contributed by atoms with E-state index in [0.717, 1.165) is 69.6 Å². The maximum Gasteiger partial charge on any atom is 0.317 e. The maximum absolute atomic E-state index is 12.7. The topological polar surface area (TPSA) is 51.7 Å². The number of hydrogen-bond donors (Lipinski definition) is 1. The van der Waals surface area contributed by atoms with Crippen molar-refractivity contribution < 1.29 is 4.79 Å². The molecular weight excluding hydrogens is 334 g/mol. The summed E-state index contributed by atoms with van der Waals surface area (Å²) in [7, 11) is 0. The third-order valence-corrected chi connectivity index (χ3v) is 6.43. The van der Waals surface area contributed by atoms with Crippen molar-refractivity contribution in [3.05, 3.63) is 11.6 Å². The van der Waals surface area contributed by atoms with E-state index in [1.807, 2.05) is 16.5 Å². The van der Waals surface area contributed by atoms with Crippen LogP contribution in [0.2, 0.25) is 0 Å². The second-order valence-corrected chi connectivity index (χ2v) is 8.48. The zero-order valence-electron chi connectivity index (χ0n) is 14.9. The van der Waals surface area contributed by atoms with E-state index in [-0.39, 0.29) is 6.03 Å². The molecule has 1 N–H and O–H groups in total. The molecule has 0 bridgehead atoms. The van der Waals surface area contributed by atoms with Crippen molar-refractivity contribution in [1.29, 1.82) is 0 Å². The quantitative estimate of drug-likeness (QED) is 0.891. The van der Waals surface area contributed by atoms with E-state index >= 15 is 0 Å². The number of carbonyl (C=O) groups excluding carboxylic acids is 1. The third-order valence-electron chi connectivity index (χ3n) is 5.60. The van der Waals surface area contributed by atoms with Crippen molar-refractivity contribution in [2.45, 2.75) is 38.1 Å². The lowest BCUT2D eigenvalue weighted by Crippen LogP contribution is -2.50. The highest BCUT2D eigenvalue weighted by Crippen LogP contribution is 2.30. The molecule has 1 aliphatic carbocycles. The molecule has 3 fully saturated rings. The van der Waals surface area contributed by atoms with Crippen LogP contribution >= 0.6 is 11.3 Å². The first-order valence-electron chi connectivity index (χ1n) is 9.70. The minimum Gasteiger partial charge on any atom is -0.346 e. The van der Waals surface area contributed by atoms with Crippen LogP contribution < -0.4 is 10.2 Å². The molecule has 0 radical (unpaired) electrons. The van der Waals surface area contributed by atoms with Gasteiger partial charge >= 0.3 is 6.03 Å². The minimum atomic E-state index is 0.127. The zero-order chi connectivity index (χ0) is 17.1. The highest BCUT2D eigenvalue weighted by atomic mass is 32.1. The number of piperidine rings is 1. The Balaban J connectivity index is 1.21. The standard InChI is InChI=1S/C18H29N5OS/c24-17(20-16-4-9-21(10-5-16)14-15-2-3-15)22-7-1-8-23(12-11-22)18-19-6-13-25-18/h6,13,15-16H,1-5,7-12,14H2,(H,20,24). The number of anilines is 1. The average molecular weight is 364 g/mol. The summed E-state index contributed by atoms with van der Waals surface area (Å²) in [5.41, 5.74) is 0. The summed E-state index contributed by atoms with van der Waals surface area (Å²) < 4.78 is 0. The van der Waals surface area contributed by atoms with E-state index in [0.29, 0.717) is 6.04 Å². The van der Waals surface area contributed by atoms with Crippen molar-refractivity contribution in [2.24, 2.45) is 5.92 Å². The maximum atomic E-state index is 12.7. The number of nitrogens with one attached hydrogen (secondary N) is 1. The molecule has 1 aromatic rings. The summed E-state index contributed by atoms with van der Waals surface area (Å²) in [6.07, 6.45) is 7.89. The molecule has 2 saturated heterocycles. The second kappa shape index (κ2) is 7.91.